The van der Waals surface area contributed by atoms with Crippen molar-refractivity contribution in [1.29, 1.82) is 0 Å². The standard InChI is InChI=1S/C18H21N3O5/c1-25-16-4-2-3-5-17(16)26-13-10-18(22)20-12-11-19-14-6-8-15(9-7-14)21(23)24/h2-9,19H,10-13H2,1H3,(H,20,22). The molecule has 2 aromatic rings. The van der Waals surface area contributed by atoms with Gasteiger partial charge in [0.15, 0.2) is 11.5 Å². The molecule has 0 heterocycles. The van der Waals surface area contributed by atoms with Gasteiger partial charge in [-0.15, -0.1) is 0 Å². The van der Waals surface area contributed by atoms with Gasteiger partial charge in [0.1, 0.15) is 0 Å². The number of anilines is 1. The van der Waals surface area contributed by atoms with Crippen LogP contribution in [-0.4, -0.2) is 37.6 Å². The lowest BCUT2D eigenvalue weighted by Crippen LogP contribution is -2.29. The van der Waals surface area contributed by atoms with E-state index in [-0.39, 0.29) is 24.6 Å². The van der Waals surface area contributed by atoms with E-state index in [0.29, 0.717) is 24.6 Å². The van der Waals surface area contributed by atoms with Gasteiger partial charge in [0.25, 0.3) is 5.69 Å². The predicted molar refractivity (Wildman–Crippen MR) is 97.7 cm³/mol. The summed E-state index contributed by atoms with van der Waals surface area (Å²) in [6.45, 7) is 1.20. The lowest BCUT2D eigenvalue weighted by Gasteiger charge is -2.11. The fourth-order valence-electron chi connectivity index (χ4n) is 2.19. The van der Waals surface area contributed by atoms with Crippen LogP contribution < -0.4 is 20.1 Å². The first-order chi connectivity index (χ1) is 12.6. The van der Waals surface area contributed by atoms with Gasteiger partial charge < -0.3 is 20.1 Å². The van der Waals surface area contributed by atoms with Crippen molar-refractivity contribution < 1.29 is 19.2 Å². The van der Waals surface area contributed by atoms with Gasteiger partial charge in [0.2, 0.25) is 5.91 Å². The summed E-state index contributed by atoms with van der Waals surface area (Å²) in [5.74, 6) is 1.10. The predicted octanol–water partition coefficient (Wildman–Crippen LogP) is 2.60. The van der Waals surface area contributed by atoms with Gasteiger partial charge in [0, 0.05) is 30.9 Å². The van der Waals surface area contributed by atoms with E-state index in [2.05, 4.69) is 10.6 Å². The third kappa shape index (κ3) is 5.97. The number of hydrogen-bond acceptors (Lipinski definition) is 6. The molecule has 2 aromatic carbocycles. The molecule has 2 N–H and O–H groups in total. The molecule has 26 heavy (non-hydrogen) atoms. The Balaban J connectivity index is 1.62. The molecular weight excluding hydrogens is 338 g/mol. The summed E-state index contributed by atoms with van der Waals surface area (Å²) >= 11 is 0. The van der Waals surface area contributed by atoms with Gasteiger partial charge in [0.05, 0.1) is 25.1 Å². The van der Waals surface area contributed by atoms with Gasteiger partial charge in [-0.1, -0.05) is 12.1 Å². The van der Waals surface area contributed by atoms with Crippen molar-refractivity contribution in [2.24, 2.45) is 0 Å². The number of rotatable bonds is 10. The van der Waals surface area contributed by atoms with Crippen molar-refractivity contribution in [3.05, 3.63) is 58.6 Å². The molecule has 0 unspecified atom stereocenters. The van der Waals surface area contributed by atoms with Crippen molar-refractivity contribution in [3.8, 4) is 11.5 Å². The summed E-state index contributed by atoms with van der Waals surface area (Å²) < 4.78 is 10.7. The topological polar surface area (TPSA) is 103 Å². The highest BCUT2D eigenvalue weighted by molar-refractivity contribution is 5.76. The maximum atomic E-state index is 11.8. The number of carbonyl (C=O) groups is 1. The van der Waals surface area contributed by atoms with Crippen molar-refractivity contribution in [2.75, 3.05) is 32.1 Å². The molecule has 0 aromatic heterocycles. The maximum absolute atomic E-state index is 11.8. The van der Waals surface area contributed by atoms with Gasteiger partial charge in [-0.05, 0) is 24.3 Å². The Morgan fingerprint density at radius 1 is 1.08 bits per heavy atom. The second kappa shape index (κ2) is 9.87. The number of para-hydroxylation sites is 2. The average molecular weight is 359 g/mol. The number of nitro groups is 1. The van der Waals surface area contributed by atoms with Crippen molar-refractivity contribution in [1.82, 2.24) is 5.32 Å². The van der Waals surface area contributed by atoms with Gasteiger partial charge in [-0.25, -0.2) is 0 Å². The fourth-order valence-corrected chi connectivity index (χ4v) is 2.19. The van der Waals surface area contributed by atoms with E-state index in [4.69, 9.17) is 9.47 Å². The number of hydrogen-bond donors (Lipinski definition) is 2. The molecule has 0 aliphatic rings. The number of nitro benzene ring substituents is 1. The lowest BCUT2D eigenvalue weighted by atomic mass is 10.3. The Labute approximate surface area is 151 Å². The zero-order valence-corrected chi connectivity index (χ0v) is 14.4. The summed E-state index contributed by atoms with van der Waals surface area (Å²) in [6, 6.07) is 13.4. The zero-order chi connectivity index (χ0) is 18.8. The van der Waals surface area contributed by atoms with E-state index < -0.39 is 4.92 Å². The van der Waals surface area contributed by atoms with E-state index in [9.17, 15) is 14.9 Å². The second-order valence-electron chi connectivity index (χ2n) is 5.33. The normalized spacial score (nSPS) is 10.0. The molecule has 0 radical (unpaired) electrons. The Kier molecular flexibility index (Phi) is 7.23. The summed E-state index contributed by atoms with van der Waals surface area (Å²) in [6.07, 6.45) is 0.232. The highest BCUT2D eigenvalue weighted by atomic mass is 16.6. The van der Waals surface area contributed by atoms with Crippen LogP contribution in [0.2, 0.25) is 0 Å². The minimum atomic E-state index is -0.447. The molecule has 8 heteroatoms. The minimum absolute atomic E-state index is 0.0406. The second-order valence-corrected chi connectivity index (χ2v) is 5.33. The van der Waals surface area contributed by atoms with Crippen LogP contribution in [0.25, 0.3) is 0 Å². The molecule has 1 amide bonds. The summed E-state index contributed by atoms with van der Waals surface area (Å²) in [7, 11) is 1.56. The highest BCUT2D eigenvalue weighted by Gasteiger charge is 2.06. The van der Waals surface area contributed by atoms with Crippen LogP contribution in [0.5, 0.6) is 11.5 Å². The SMILES string of the molecule is COc1ccccc1OCCC(=O)NCCNc1ccc([N+](=O)[O-])cc1. The monoisotopic (exact) mass is 359 g/mol. The number of benzene rings is 2. The molecular formula is C18H21N3O5. The van der Waals surface area contributed by atoms with Gasteiger partial charge in [-0.3, -0.25) is 14.9 Å². The molecule has 0 atom stereocenters. The molecule has 8 nitrogen and oxygen atoms in total. The van der Waals surface area contributed by atoms with Crippen LogP contribution >= 0.6 is 0 Å². The number of amides is 1. The molecule has 0 aliphatic carbocycles. The van der Waals surface area contributed by atoms with E-state index >= 15 is 0 Å². The van der Waals surface area contributed by atoms with Crippen LogP contribution in [-0.2, 0) is 4.79 Å². The van der Waals surface area contributed by atoms with Gasteiger partial charge in [-0.2, -0.15) is 0 Å². The fraction of sp³-hybridized carbons (Fsp3) is 0.278. The largest absolute Gasteiger partial charge is 0.493 e. The van der Waals surface area contributed by atoms with E-state index in [1.165, 1.54) is 12.1 Å². The Morgan fingerprint density at radius 3 is 2.42 bits per heavy atom. The van der Waals surface area contributed by atoms with Gasteiger partial charge >= 0.3 is 0 Å². The van der Waals surface area contributed by atoms with Crippen molar-refractivity contribution in [2.45, 2.75) is 6.42 Å². The first-order valence-electron chi connectivity index (χ1n) is 8.11. The van der Waals surface area contributed by atoms with Crippen LogP contribution in [0.3, 0.4) is 0 Å². The minimum Gasteiger partial charge on any atom is -0.493 e. The van der Waals surface area contributed by atoms with Crippen LogP contribution in [0.15, 0.2) is 48.5 Å². The Morgan fingerprint density at radius 2 is 1.77 bits per heavy atom. The molecule has 0 spiro atoms. The molecule has 0 saturated carbocycles. The van der Waals surface area contributed by atoms with Crippen LogP contribution in [0, 0.1) is 10.1 Å². The van der Waals surface area contributed by atoms with Crippen molar-refractivity contribution >= 4 is 17.3 Å². The number of non-ortho nitro benzene ring substituents is 1. The van der Waals surface area contributed by atoms with E-state index in [0.717, 1.165) is 5.69 Å². The summed E-state index contributed by atoms with van der Waals surface area (Å²) in [5, 5.41) is 16.4. The Hall–Kier alpha value is -3.29. The van der Waals surface area contributed by atoms with Crippen molar-refractivity contribution in [3.63, 3.8) is 0 Å². The molecule has 0 saturated heterocycles. The molecule has 138 valence electrons. The third-order valence-corrected chi connectivity index (χ3v) is 3.51. The number of methoxy groups -OCH3 is 1. The van der Waals surface area contributed by atoms with Crippen LogP contribution in [0.1, 0.15) is 6.42 Å². The Bertz CT molecular complexity index is 734. The number of ether oxygens (including phenoxy) is 2. The maximum Gasteiger partial charge on any atom is 0.269 e. The number of carbonyl (C=O) groups excluding carboxylic acids is 1. The molecule has 0 fully saturated rings. The van der Waals surface area contributed by atoms with E-state index in [1.54, 1.807) is 31.4 Å². The quantitative estimate of drug-likeness (QED) is 0.384. The molecule has 0 bridgehead atoms. The first kappa shape index (κ1) is 19.0. The zero-order valence-electron chi connectivity index (χ0n) is 14.4. The highest BCUT2D eigenvalue weighted by Crippen LogP contribution is 2.25. The summed E-state index contributed by atoms with van der Waals surface area (Å²) in [5.41, 5.74) is 0.795. The first-order valence-corrected chi connectivity index (χ1v) is 8.11. The lowest BCUT2D eigenvalue weighted by molar-refractivity contribution is -0.384. The summed E-state index contributed by atoms with van der Waals surface area (Å²) in [4.78, 5) is 21.9. The van der Waals surface area contributed by atoms with Crippen LogP contribution in [0.4, 0.5) is 11.4 Å². The third-order valence-electron chi connectivity index (χ3n) is 3.51. The van der Waals surface area contributed by atoms with E-state index in [1.807, 2.05) is 12.1 Å². The molecule has 2 rings (SSSR count). The smallest absolute Gasteiger partial charge is 0.269 e. The number of nitrogens with one attached hydrogen (secondary N) is 2. The number of nitrogens with zero attached hydrogens (tertiary/aromatic N) is 1. The average Bonchev–Trinajstić information content (AvgIpc) is 2.66. The molecule has 0 aliphatic heterocycles.